The molecule has 0 saturated heterocycles. The summed E-state index contributed by atoms with van der Waals surface area (Å²) in [5.74, 6) is 0.855. The van der Waals surface area contributed by atoms with E-state index < -0.39 is 0 Å². The topological polar surface area (TPSA) is 67.4 Å². The van der Waals surface area contributed by atoms with Crippen LogP contribution in [0.15, 0.2) is 54.0 Å². The van der Waals surface area contributed by atoms with Crippen LogP contribution in [0.5, 0.6) is 0 Å². The predicted molar refractivity (Wildman–Crippen MR) is 79.4 cm³/mol. The molecule has 2 aromatic rings. The Balaban J connectivity index is 1.93. The highest BCUT2D eigenvalue weighted by atomic mass is 15.5. The number of rotatable bonds is 4. The largest absolute Gasteiger partial charge is 0.330 e. The van der Waals surface area contributed by atoms with Crippen LogP contribution in [-0.2, 0) is 0 Å². The molecule has 3 heterocycles. The zero-order valence-corrected chi connectivity index (χ0v) is 11.2. The molecule has 0 bridgehead atoms. The first-order chi connectivity index (χ1) is 9.88. The second-order valence-corrected chi connectivity index (χ2v) is 4.74. The van der Waals surface area contributed by atoms with Crippen LogP contribution < -0.4 is 10.7 Å². The third-order valence-corrected chi connectivity index (χ3v) is 3.36. The van der Waals surface area contributed by atoms with E-state index in [1.54, 1.807) is 12.4 Å². The Morgan fingerprint density at radius 1 is 1.20 bits per heavy atom. The van der Waals surface area contributed by atoms with E-state index in [0.717, 1.165) is 29.9 Å². The first kappa shape index (κ1) is 12.7. The molecule has 0 spiro atoms. The molecule has 0 aromatic carbocycles. The van der Waals surface area contributed by atoms with Gasteiger partial charge in [0.15, 0.2) is 0 Å². The number of anilines is 1. The molecule has 2 aromatic heterocycles. The summed E-state index contributed by atoms with van der Waals surface area (Å²) < 4.78 is 0. The van der Waals surface area contributed by atoms with Crippen LogP contribution >= 0.6 is 0 Å². The molecule has 0 radical (unpaired) electrons. The van der Waals surface area contributed by atoms with E-state index in [2.05, 4.69) is 21.1 Å². The maximum absolute atomic E-state index is 5.65. The number of pyridine rings is 2. The molecular weight excluding hydrogens is 250 g/mol. The lowest BCUT2D eigenvalue weighted by atomic mass is 10.0. The molecule has 2 N–H and O–H groups in total. The van der Waals surface area contributed by atoms with E-state index in [9.17, 15) is 0 Å². The molecule has 0 amide bonds. The summed E-state index contributed by atoms with van der Waals surface area (Å²) in [6.45, 7) is 0.620. The predicted octanol–water partition coefficient (Wildman–Crippen LogP) is 2.13. The first-order valence-corrected chi connectivity index (χ1v) is 6.75. The fraction of sp³-hybridized carbons (Fsp3) is 0.267. The molecule has 1 atom stereocenters. The molecule has 3 rings (SSSR count). The summed E-state index contributed by atoms with van der Waals surface area (Å²) in [5.41, 5.74) is 7.91. The SMILES string of the molecule is NCCC1=NN(c2ccccn2)C(c2cccnc2)C1. The van der Waals surface area contributed by atoms with Crippen molar-refractivity contribution in [3.63, 3.8) is 0 Å². The number of nitrogens with two attached hydrogens (primary N) is 1. The minimum Gasteiger partial charge on any atom is -0.330 e. The lowest BCUT2D eigenvalue weighted by Crippen LogP contribution is -2.19. The first-order valence-electron chi connectivity index (χ1n) is 6.75. The smallest absolute Gasteiger partial charge is 0.149 e. The fourth-order valence-corrected chi connectivity index (χ4v) is 2.42. The lowest BCUT2D eigenvalue weighted by molar-refractivity contribution is 0.695. The van der Waals surface area contributed by atoms with E-state index in [4.69, 9.17) is 5.73 Å². The van der Waals surface area contributed by atoms with Crippen molar-refractivity contribution in [2.45, 2.75) is 18.9 Å². The molecule has 1 unspecified atom stereocenters. The standard InChI is InChI=1S/C15H17N5/c16-7-6-13-10-14(12-4-3-8-17-11-12)20(19-13)15-5-1-2-9-18-15/h1-5,8-9,11,14H,6-7,10,16H2. The van der Waals surface area contributed by atoms with Gasteiger partial charge in [0.05, 0.1) is 6.04 Å². The Bertz CT molecular complexity index is 582. The van der Waals surface area contributed by atoms with Gasteiger partial charge in [0, 0.05) is 30.7 Å². The van der Waals surface area contributed by atoms with Gasteiger partial charge >= 0.3 is 0 Å². The van der Waals surface area contributed by atoms with Gasteiger partial charge in [-0.05, 0) is 36.7 Å². The van der Waals surface area contributed by atoms with Crippen molar-refractivity contribution in [1.82, 2.24) is 9.97 Å². The van der Waals surface area contributed by atoms with Crippen molar-refractivity contribution in [2.24, 2.45) is 10.8 Å². The molecular formula is C15H17N5. The second kappa shape index (κ2) is 5.79. The van der Waals surface area contributed by atoms with Crippen LogP contribution in [0.2, 0.25) is 0 Å². The number of hydrogen-bond acceptors (Lipinski definition) is 5. The Labute approximate surface area is 118 Å². The van der Waals surface area contributed by atoms with E-state index in [1.807, 2.05) is 35.5 Å². The fourth-order valence-electron chi connectivity index (χ4n) is 2.42. The zero-order valence-electron chi connectivity index (χ0n) is 11.2. The molecule has 5 heteroatoms. The third-order valence-electron chi connectivity index (χ3n) is 3.36. The van der Waals surface area contributed by atoms with Gasteiger partial charge in [-0.1, -0.05) is 12.1 Å². The lowest BCUT2D eigenvalue weighted by Gasteiger charge is -2.22. The number of aromatic nitrogens is 2. The highest BCUT2D eigenvalue weighted by Crippen LogP contribution is 2.34. The number of nitrogens with zero attached hydrogens (tertiary/aromatic N) is 4. The van der Waals surface area contributed by atoms with Crippen LogP contribution in [0, 0.1) is 0 Å². The maximum atomic E-state index is 5.65. The molecule has 102 valence electrons. The minimum atomic E-state index is 0.153. The summed E-state index contributed by atoms with van der Waals surface area (Å²) in [6, 6.07) is 10.0. The Kier molecular flexibility index (Phi) is 3.69. The van der Waals surface area contributed by atoms with E-state index in [0.29, 0.717) is 6.54 Å². The highest BCUT2D eigenvalue weighted by Gasteiger charge is 2.29. The van der Waals surface area contributed by atoms with Crippen molar-refractivity contribution in [2.75, 3.05) is 11.6 Å². The summed E-state index contributed by atoms with van der Waals surface area (Å²) >= 11 is 0. The van der Waals surface area contributed by atoms with Gasteiger partial charge < -0.3 is 5.73 Å². The van der Waals surface area contributed by atoms with E-state index >= 15 is 0 Å². The quantitative estimate of drug-likeness (QED) is 0.921. The third kappa shape index (κ3) is 2.53. The van der Waals surface area contributed by atoms with Gasteiger partial charge in [-0.25, -0.2) is 9.99 Å². The van der Waals surface area contributed by atoms with Crippen molar-refractivity contribution >= 4 is 11.5 Å². The highest BCUT2D eigenvalue weighted by molar-refractivity contribution is 5.88. The number of hydrazone groups is 1. The molecule has 0 aliphatic carbocycles. The van der Waals surface area contributed by atoms with Gasteiger partial charge in [-0.3, -0.25) is 4.98 Å². The van der Waals surface area contributed by atoms with Crippen LogP contribution in [0.25, 0.3) is 0 Å². The van der Waals surface area contributed by atoms with Gasteiger partial charge in [-0.15, -0.1) is 0 Å². The summed E-state index contributed by atoms with van der Waals surface area (Å²) in [6.07, 6.45) is 7.15. The van der Waals surface area contributed by atoms with E-state index in [-0.39, 0.29) is 6.04 Å². The molecule has 1 aliphatic rings. The average Bonchev–Trinajstić information content (AvgIpc) is 2.93. The Hall–Kier alpha value is -2.27. The monoisotopic (exact) mass is 267 g/mol. The normalized spacial score (nSPS) is 18.1. The van der Waals surface area contributed by atoms with Gasteiger partial charge in [-0.2, -0.15) is 5.10 Å². The van der Waals surface area contributed by atoms with Crippen LogP contribution in [0.1, 0.15) is 24.4 Å². The molecule has 20 heavy (non-hydrogen) atoms. The molecule has 1 aliphatic heterocycles. The van der Waals surface area contributed by atoms with Gasteiger partial charge in [0.25, 0.3) is 0 Å². The molecule has 0 fully saturated rings. The van der Waals surface area contributed by atoms with Gasteiger partial charge in [0.1, 0.15) is 5.82 Å². The van der Waals surface area contributed by atoms with Crippen LogP contribution in [0.3, 0.4) is 0 Å². The van der Waals surface area contributed by atoms with Crippen molar-refractivity contribution < 1.29 is 0 Å². The summed E-state index contributed by atoms with van der Waals surface area (Å²) in [4.78, 5) is 8.60. The summed E-state index contributed by atoms with van der Waals surface area (Å²) in [5, 5.41) is 6.66. The van der Waals surface area contributed by atoms with E-state index in [1.165, 1.54) is 0 Å². The maximum Gasteiger partial charge on any atom is 0.149 e. The van der Waals surface area contributed by atoms with Crippen molar-refractivity contribution in [3.8, 4) is 0 Å². The van der Waals surface area contributed by atoms with Crippen molar-refractivity contribution in [1.29, 1.82) is 0 Å². The molecule has 5 nitrogen and oxygen atoms in total. The van der Waals surface area contributed by atoms with Gasteiger partial charge in [0.2, 0.25) is 0 Å². The van der Waals surface area contributed by atoms with Crippen LogP contribution in [-0.4, -0.2) is 22.2 Å². The number of hydrogen-bond donors (Lipinski definition) is 1. The zero-order chi connectivity index (χ0) is 13.8. The van der Waals surface area contributed by atoms with Crippen molar-refractivity contribution in [3.05, 3.63) is 54.5 Å². The molecule has 0 saturated carbocycles. The Morgan fingerprint density at radius 2 is 2.15 bits per heavy atom. The second-order valence-electron chi connectivity index (χ2n) is 4.74. The average molecular weight is 267 g/mol. The minimum absolute atomic E-state index is 0.153. The summed E-state index contributed by atoms with van der Waals surface area (Å²) in [7, 11) is 0. The Morgan fingerprint density at radius 3 is 2.85 bits per heavy atom. The van der Waals surface area contributed by atoms with Crippen LogP contribution in [0.4, 0.5) is 5.82 Å².